The van der Waals surface area contributed by atoms with Crippen molar-refractivity contribution in [3.05, 3.63) is 57.9 Å². The number of nitrogens with zero attached hydrogens (tertiary/aromatic N) is 1. The molecule has 0 atom stereocenters. The van der Waals surface area contributed by atoms with E-state index in [-0.39, 0.29) is 12.6 Å². The predicted molar refractivity (Wildman–Crippen MR) is 98.5 cm³/mol. The number of carbonyl (C=O) groups excluding carboxylic acids is 1. The fraction of sp³-hybridized carbons (Fsp3) is 0.300. The molecular weight excluding hydrogens is 334 g/mol. The van der Waals surface area contributed by atoms with Crippen LogP contribution in [0.25, 0.3) is 10.9 Å². The molecule has 3 aromatic rings. The number of aryl methyl sites for hydroxylation is 2. The van der Waals surface area contributed by atoms with E-state index in [4.69, 9.17) is 9.47 Å². The Morgan fingerprint density at radius 2 is 2.00 bits per heavy atom. The molecule has 128 valence electrons. The number of esters is 1. The van der Waals surface area contributed by atoms with Crippen LogP contribution in [0.4, 0.5) is 0 Å². The van der Waals surface area contributed by atoms with E-state index in [1.807, 2.05) is 36.4 Å². The lowest BCUT2D eigenvalue weighted by molar-refractivity contribution is 0.0457. The molecule has 2 aromatic heterocycles. The van der Waals surface area contributed by atoms with Gasteiger partial charge in [-0.15, -0.1) is 11.3 Å². The molecule has 0 radical (unpaired) electrons. The second kappa shape index (κ2) is 7.23. The van der Waals surface area contributed by atoms with Gasteiger partial charge in [0.15, 0.2) is 0 Å². The van der Waals surface area contributed by atoms with Gasteiger partial charge < -0.3 is 9.47 Å². The fourth-order valence-corrected chi connectivity index (χ4v) is 4.29. The van der Waals surface area contributed by atoms with Gasteiger partial charge in [-0.2, -0.15) is 0 Å². The number of fused-ring (bicyclic) bond motifs is 2. The van der Waals surface area contributed by atoms with Gasteiger partial charge in [0.25, 0.3) is 0 Å². The van der Waals surface area contributed by atoms with Crippen LogP contribution >= 0.6 is 11.3 Å². The van der Waals surface area contributed by atoms with Crippen molar-refractivity contribution in [1.29, 1.82) is 0 Å². The van der Waals surface area contributed by atoms with Crippen LogP contribution in [-0.2, 0) is 17.6 Å². The minimum atomic E-state index is -0.248. The number of benzene rings is 1. The minimum Gasteiger partial charge on any atom is -0.489 e. The van der Waals surface area contributed by atoms with Crippen molar-refractivity contribution in [2.45, 2.75) is 25.7 Å². The van der Waals surface area contributed by atoms with Gasteiger partial charge in [-0.1, -0.05) is 12.1 Å². The standard InChI is InChI=1S/C20H19NO3S/c22-20(19-13-14-5-1-4-8-18(14)25-19)24-12-11-23-17-9-10-21-16-7-3-2-6-15(16)17/h2-3,6-7,9-10,13H,1,4-5,8,11-12H2. The van der Waals surface area contributed by atoms with Crippen molar-refractivity contribution in [2.24, 2.45) is 0 Å². The quantitative estimate of drug-likeness (QED) is 0.503. The molecule has 0 spiro atoms. The molecule has 0 fully saturated rings. The summed E-state index contributed by atoms with van der Waals surface area (Å²) in [6, 6.07) is 11.6. The van der Waals surface area contributed by atoms with Crippen LogP contribution in [0, 0.1) is 0 Å². The first-order valence-corrected chi connectivity index (χ1v) is 9.38. The topological polar surface area (TPSA) is 48.4 Å². The molecule has 5 heteroatoms. The van der Waals surface area contributed by atoms with Crippen molar-refractivity contribution in [3.8, 4) is 5.75 Å². The lowest BCUT2D eigenvalue weighted by Gasteiger charge is -2.09. The van der Waals surface area contributed by atoms with E-state index in [0.29, 0.717) is 11.5 Å². The van der Waals surface area contributed by atoms with Crippen molar-refractivity contribution in [3.63, 3.8) is 0 Å². The molecule has 0 saturated carbocycles. The number of aromatic nitrogens is 1. The summed E-state index contributed by atoms with van der Waals surface area (Å²) in [5, 5.41) is 0.960. The van der Waals surface area contributed by atoms with Gasteiger partial charge in [-0.25, -0.2) is 4.79 Å². The van der Waals surface area contributed by atoms with Crippen molar-refractivity contribution in [2.75, 3.05) is 13.2 Å². The van der Waals surface area contributed by atoms with Gasteiger partial charge in [-0.05, 0) is 55.5 Å². The molecule has 2 heterocycles. The maximum absolute atomic E-state index is 12.2. The number of thiophene rings is 1. The highest BCUT2D eigenvalue weighted by Crippen LogP contribution is 2.30. The first kappa shape index (κ1) is 16.1. The summed E-state index contributed by atoms with van der Waals surface area (Å²) in [6.07, 6.45) is 6.32. The van der Waals surface area contributed by atoms with E-state index in [1.165, 1.54) is 23.3 Å². The third kappa shape index (κ3) is 3.51. The summed E-state index contributed by atoms with van der Waals surface area (Å²) >= 11 is 1.58. The summed E-state index contributed by atoms with van der Waals surface area (Å²) in [5.41, 5.74) is 2.21. The molecular formula is C20H19NO3S. The van der Waals surface area contributed by atoms with Gasteiger partial charge in [-0.3, -0.25) is 4.98 Å². The molecule has 0 bridgehead atoms. The number of rotatable bonds is 5. The van der Waals surface area contributed by atoms with Crippen LogP contribution in [0.15, 0.2) is 42.6 Å². The first-order valence-electron chi connectivity index (χ1n) is 8.56. The molecule has 4 nitrogen and oxygen atoms in total. The normalized spacial score (nSPS) is 13.4. The third-order valence-electron chi connectivity index (χ3n) is 4.38. The van der Waals surface area contributed by atoms with Crippen LogP contribution in [0.1, 0.15) is 33.0 Å². The second-order valence-electron chi connectivity index (χ2n) is 6.08. The number of hydrogen-bond acceptors (Lipinski definition) is 5. The van der Waals surface area contributed by atoms with Gasteiger partial charge in [0, 0.05) is 16.5 Å². The average molecular weight is 353 g/mol. The van der Waals surface area contributed by atoms with Gasteiger partial charge in [0.2, 0.25) is 0 Å². The molecule has 1 aliphatic rings. The molecule has 25 heavy (non-hydrogen) atoms. The van der Waals surface area contributed by atoms with E-state index in [2.05, 4.69) is 4.98 Å². The van der Waals surface area contributed by atoms with Crippen molar-refractivity contribution >= 4 is 28.2 Å². The zero-order chi connectivity index (χ0) is 17.1. The lowest BCUT2D eigenvalue weighted by atomic mass is 9.99. The monoisotopic (exact) mass is 353 g/mol. The van der Waals surface area contributed by atoms with E-state index in [9.17, 15) is 4.79 Å². The molecule has 0 N–H and O–H groups in total. The summed E-state index contributed by atoms with van der Waals surface area (Å²) in [5.74, 6) is 0.510. The molecule has 1 aliphatic carbocycles. The van der Waals surface area contributed by atoms with E-state index < -0.39 is 0 Å². The fourth-order valence-electron chi connectivity index (χ4n) is 3.14. The Bertz CT molecular complexity index is 874. The maximum Gasteiger partial charge on any atom is 0.348 e. The average Bonchev–Trinajstić information content (AvgIpc) is 3.09. The zero-order valence-corrected chi connectivity index (χ0v) is 14.7. The zero-order valence-electron chi connectivity index (χ0n) is 13.9. The number of para-hydroxylation sites is 1. The number of pyridine rings is 1. The van der Waals surface area contributed by atoms with Crippen LogP contribution < -0.4 is 4.74 Å². The van der Waals surface area contributed by atoms with Gasteiger partial charge in [0.1, 0.15) is 23.8 Å². The van der Waals surface area contributed by atoms with E-state index >= 15 is 0 Å². The minimum absolute atomic E-state index is 0.234. The highest BCUT2D eigenvalue weighted by Gasteiger charge is 2.18. The highest BCUT2D eigenvalue weighted by molar-refractivity contribution is 7.14. The molecule has 0 aliphatic heterocycles. The SMILES string of the molecule is O=C(OCCOc1ccnc2ccccc12)c1cc2c(s1)CCCC2. The maximum atomic E-state index is 12.2. The van der Waals surface area contributed by atoms with Gasteiger partial charge >= 0.3 is 5.97 Å². The Labute approximate surface area is 150 Å². The Hall–Kier alpha value is -2.40. The molecule has 0 amide bonds. The number of carbonyl (C=O) groups is 1. The lowest BCUT2D eigenvalue weighted by Crippen LogP contribution is -2.11. The number of ether oxygens (including phenoxy) is 2. The summed E-state index contributed by atoms with van der Waals surface area (Å²) in [7, 11) is 0. The molecule has 1 aromatic carbocycles. The smallest absolute Gasteiger partial charge is 0.348 e. The Kier molecular flexibility index (Phi) is 4.65. The number of hydrogen-bond donors (Lipinski definition) is 0. The molecule has 0 saturated heterocycles. The predicted octanol–water partition coefficient (Wildman–Crippen LogP) is 4.41. The highest BCUT2D eigenvalue weighted by atomic mass is 32.1. The molecule has 4 rings (SSSR count). The van der Waals surface area contributed by atoms with Crippen LogP contribution in [0.5, 0.6) is 5.75 Å². The van der Waals surface area contributed by atoms with E-state index in [1.54, 1.807) is 17.5 Å². The van der Waals surface area contributed by atoms with E-state index in [0.717, 1.165) is 29.5 Å². The first-order chi connectivity index (χ1) is 12.3. The second-order valence-corrected chi connectivity index (χ2v) is 7.21. The largest absolute Gasteiger partial charge is 0.489 e. The summed E-state index contributed by atoms with van der Waals surface area (Å²) < 4.78 is 11.1. The van der Waals surface area contributed by atoms with Gasteiger partial charge in [0.05, 0.1) is 5.52 Å². The summed E-state index contributed by atoms with van der Waals surface area (Å²) in [6.45, 7) is 0.558. The Morgan fingerprint density at radius 3 is 2.92 bits per heavy atom. The third-order valence-corrected chi connectivity index (χ3v) is 5.60. The molecule has 0 unspecified atom stereocenters. The van der Waals surface area contributed by atoms with Crippen molar-refractivity contribution < 1.29 is 14.3 Å². The Morgan fingerprint density at radius 1 is 1.12 bits per heavy atom. The van der Waals surface area contributed by atoms with Crippen molar-refractivity contribution in [1.82, 2.24) is 4.98 Å². The van der Waals surface area contributed by atoms with Crippen LogP contribution in [-0.4, -0.2) is 24.2 Å². The summed E-state index contributed by atoms with van der Waals surface area (Å²) in [4.78, 5) is 18.6. The van der Waals surface area contributed by atoms with Crippen LogP contribution in [0.2, 0.25) is 0 Å². The van der Waals surface area contributed by atoms with Crippen LogP contribution in [0.3, 0.4) is 0 Å². The Balaban J connectivity index is 1.33.